The summed E-state index contributed by atoms with van der Waals surface area (Å²) in [6, 6.07) is 29.8. The van der Waals surface area contributed by atoms with E-state index in [1.165, 1.54) is 32.1 Å². The van der Waals surface area contributed by atoms with Crippen LogP contribution in [0.25, 0.3) is 0 Å². The summed E-state index contributed by atoms with van der Waals surface area (Å²) < 4.78 is 42.3. The first kappa shape index (κ1) is 61.8. The van der Waals surface area contributed by atoms with Gasteiger partial charge in [-0.1, -0.05) is 91.1 Å². The molecule has 5 aliphatic rings. The second kappa shape index (κ2) is 28.5. The Morgan fingerprint density at radius 2 is 1.31 bits per heavy atom. The van der Waals surface area contributed by atoms with Gasteiger partial charge in [0.05, 0.1) is 75.8 Å². The van der Waals surface area contributed by atoms with E-state index in [4.69, 9.17) is 33.2 Å². The standard InChI is InChI=1S/C67H86N6O10S2/c1-8-67(9-2,49-20-11-10-12-21-49)70-63(74)24-17-31-84-85-66(3,4)44-71(25-26-80-29-30-81-28-27-77-5)50-33-45(42-82-60-39-54-52(37-58(60)78-6)64(75)72-51(41-68-54)35-47-18-13-15-22-56(47)72)32-46(34-50)43-83-61-40-55-53(38-59(61)79-7)65(76)73-57-23-16-14-19-48(57)36-62(73)69-55/h13-16,18-19,22-23,32-34,37-40,49,51,62,68-69H,8-12,17,20-21,24-31,35-36,41-44H2,1-7H3,(H,70,74)/t51-,62-/m0/s1. The fourth-order valence-electron chi connectivity index (χ4n) is 13.0. The van der Waals surface area contributed by atoms with Crippen LogP contribution in [0.5, 0.6) is 23.0 Å². The second-order valence-electron chi connectivity index (χ2n) is 23.5. The lowest BCUT2D eigenvalue weighted by molar-refractivity contribution is -0.124. The van der Waals surface area contributed by atoms with Crippen LogP contribution in [0.15, 0.2) is 91.0 Å². The van der Waals surface area contributed by atoms with Gasteiger partial charge in [-0.05, 0) is 123 Å². The van der Waals surface area contributed by atoms with Crippen LogP contribution in [0.2, 0.25) is 0 Å². The maximum absolute atomic E-state index is 14.3. The molecule has 0 unspecified atom stereocenters. The summed E-state index contributed by atoms with van der Waals surface area (Å²) in [5, 5.41) is 10.7. The first-order valence-corrected chi connectivity index (χ1v) is 32.8. The van der Waals surface area contributed by atoms with Gasteiger partial charge in [0, 0.05) is 84.8 Å². The molecule has 0 radical (unpaired) electrons. The minimum Gasteiger partial charge on any atom is -0.493 e. The lowest BCUT2D eigenvalue weighted by Gasteiger charge is -2.42. The summed E-state index contributed by atoms with van der Waals surface area (Å²) in [7, 11) is 8.50. The Labute approximate surface area is 510 Å². The van der Waals surface area contributed by atoms with Gasteiger partial charge in [0.2, 0.25) is 5.91 Å². The van der Waals surface area contributed by atoms with Crippen LogP contribution < -0.4 is 49.6 Å². The second-order valence-corrected chi connectivity index (χ2v) is 26.7. The Bertz CT molecular complexity index is 3130. The molecule has 0 bridgehead atoms. The van der Waals surface area contributed by atoms with E-state index in [0.717, 1.165) is 70.8 Å². The zero-order valence-electron chi connectivity index (χ0n) is 50.7. The third-order valence-electron chi connectivity index (χ3n) is 17.4. The Balaban J connectivity index is 0.892. The van der Waals surface area contributed by atoms with E-state index in [9.17, 15) is 14.4 Å². The van der Waals surface area contributed by atoms with Crippen molar-refractivity contribution in [3.8, 4) is 23.0 Å². The zero-order valence-corrected chi connectivity index (χ0v) is 52.3. The summed E-state index contributed by atoms with van der Waals surface area (Å²) in [4.78, 5) is 48.1. The van der Waals surface area contributed by atoms with E-state index in [-0.39, 0.29) is 53.4 Å². The molecule has 456 valence electrons. The maximum Gasteiger partial charge on any atom is 0.262 e. The quantitative estimate of drug-likeness (QED) is 0.0294. The molecule has 3 amide bonds. The molecule has 5 aromatic rings. The fraction of sp³-hybridized carbons (Fsp3) is 0.507. The Hall–Kier alpha value is -6.31. The van der Waals surface area contributed by atoms with Crippen molar-refractivity contribution in [2.45, 2.75) is 134 Å². The first-order valence-electron chi connectivity index (χ1n) is 30.5. The molecule has 4 heterocycles. The number of fused-ring (bicyclic) bond motifs is 8. The number of nitrogens with zero attached hydrogens (tertiary/aromatic N) is 3. The van der Waals surface area contributed by atoms with Crippen molar-refractivity contribution in [3.05, 3.63) is 124 Å². The lowest BCUT2D eigenvalue weighted by Crippen LogP contribution is -2.53. The van der Waals surface area contributed by atoms with Gasteiger partial charge < -0.3 is 58.9 Å². The Kier molecular flexibility index (Phi) is 20.7. The van der Waals surface area contributed by atoms with Gasteiger partial charge in [-0.15, -0.1) is 0 Å². The van der Waals surface area contributed by atoms with Gasteiger partial charge in [0.1, 0.15) is 19.4 Å². The summed E-state index contributed by atoms with van der Waals surface area (Å²) in [6.07, 6.45) is 10.7. The van der Waals surface area contributed by atoms with Crippen LogP contribution in [-0.2, 0) is 45.1 Å². The number of hydrogen-bond donors (Lipinski definition) is 3. The number of para-hydroxylation sites is 2. The lowest BCUT2D eigenvalue weighted by atomic mass is 9.71. The molecule has 1 fully saturated rings. The topological polar surface area (TPSA) is 162 Å². The predicted octanol–water partition coefficient (Wildman–Crippen LogP) is 12.5. The van der Waals surface area contributed by atoms with Crippen LogP contribution in [0.1, 0.15) is 128 Å². The van der Waals surface area contributed by atoms with Crippen molar-refractivity contribution >= 4 is 67.7 Å². The van der Waals surface area contributed by atoms with Gasteiger partial charge in [-0.3, -0.25) is 19.3 Å². The number of benzene rings is 5. The Morgan fingerprint density at radius 3 is 1.96 bits per heavy atom. The van der Waals surface area contributed by atoms with Crippen LogP contribution in [0.4, 0.5) is 28.4 Å². The number of methoxy groups -OCH3 is 3. The van der Waals surface area contributed by atoms with Crippen LogP contribution in [0, 0.1) is 5.92 Å². The third kappa shape index (κ3) is 14.4. The van der Waals surface area contributed by atoms with Crippen molar-refractivity contribution in [3.63, 3.8) is 0 Å². The predicted molar refractivity (Wildman–Crippen MR) is 342 cm³/mol. The number of carbonyl (C=O) groups excluding carboxylic acids is 3. The molecule has 4 aliphatic heterocycles. The molecule has 1 aliphatic carbocycles. The monoisotopic (exact) mass is 1200 g/mol. The van der Waals surface area contributed by atoms with Crippen molar-refractivity contribution in [1.29, 1.82) is 0 Å². The molecule has 10 rings (SSSR count). The summed E-state index contributed by atoms with van der Waals surface area (Å²) in [6.45, 7) is 13.5. The van der Waals surface area contributed by atoms with E-state index in [1.807, 2.05) is 79.9 Å². The highest BCUT2D eigenvalue weighted by atomic mass is 33.1. The zero-order chi connectivity index (χ0) is 59.5. The smallest absolute Gasteiger partial charge is 0.262 e. The number of nitrogens with one attached hydrogen (secondary N) is 3. The first-order chi connectivity index (χ1) is 41.3. The molecule has 1 saturated carbocycles. The minimum absolute atomic E-state index is 0.0211. The molecule has 16 nitrogen and oxygen atoms in total. The molecule has 0 saturated heterocycles. The highest BCUT2D eigenvalue weighted by Crippen LogP contribution is 2.45. The van der Waals surface area contributed by atoms with Gasteiger partial charge in [0.15, 0.2) is 23.0 Å². The summed E-state index contributed by atoms with van der Waals surface area (Å²) in [5.74, 6) is 3.30. The molecular weight excluding hydrogens is 1110 g/mol. The molecule has 2 atom stereocenters. The van der Waals surface area contributed by atoms with Crippen LogP contribution in [0.3, 0.4) is 0 Å². The SMILES string of the molecule is CCC(CC)(NC(=O)CCCSSC(C)(C)CN(CCOCCOCCOC)c1cc(COc2cc3c(cc2OC)C(=O)N2c4ccccc4C[C@H]2CN3)cc(COc2cc3c(cc2OC)C(=O)N2c4ccccc4C[C@H]2N3)c1)C1CCCCC1. The minimum atomic E-state index is -0.242. The molecule has 0 aromatic heterocycles. The highest BCUT2D eigenvalue weighted by Gasteiger charge is 2.41. The number of anilines is 5. The van der Waals surface area contributed by atoms with Crippen LogP contribution >= 0.6 is 21.6 Å². The third-order valence-corrected chi connectivity index (χ3v) is 20.8. The number of amides is 3. The number of ether oxygens (including phenoxy) is 7. The molecule has 18 heteroatoms. The number of carbonyl (C=O) groups is 3. The van der Waals surface area contributed by atoms with Gasteiger partial charge in [0.25, 0.3) is 11.8 Å². The molecule has 0 spiro atoms. The van der Waals surface area contributed by atoms with E-state index in [0.29, 0.717) is 117 Å². The van der Waals surface area contributed by atoms with Crippen molar-refractivity contribution < 1.29 is 47.5 Å². The number of rotatable bonds is 30. The normalized spacial score (nSPS) is 17.1. The van der Waals surface area contributed by atoms with Crippen molar-refractivity contribution in [2.24, 2.45) is 5.92 Å². The Morgan fingerprint density at radius 1 is 0.706 bits per heavy atom. The molecule has 5 aromatic carbocycles. The van der Waals surface area contributed by atoms with E-state index in [2.05, 4.69) is 78.9 Å². The molecule has 85 heavy (non-hydrogen) atoms. The van der Waals surface area contributed by atoms with Gasteiger partial charge in [-0.2, -0.15) is 0 Å². The molecule has 3 N–H and O–H groups in total. The summed E-state index contributed by atoms with van der Waals surface area (Å²) >= 11 is 0. The van der Waals surface area contributed by atoms with E-state index < -0.39 is 0 Å². The average molecular weight is 1200 g/mol. The van der Waals surface area contributed by atoms with Crippen molar-refractivity contribution in [2.75, 3.05) is 105 Å². The number of hydrogen-bond acceptors (Lipinski definition) is 15. The van der Waals surface area contributed by atoms with E-state index >= 15 is 0 Å². The van der Waals surface area contributed by atoms with Gasteiger partial charge in [-0.25, -0.2) is 0 Å². The average Bonchev–Trinajstić information content (AvgIpc) is 1.93. The summed E-state index contributed by atoms with van der Waals surface area (Å²) in [5.41, 5.74) is 9.17. The van der Waals surface area contributed by atoms with Gasteiger partial charge >= 0.3 is 0 Å². The van der Waals surface area contributed by atoms with Crippen molar-refractivity contribution in [1.82, 2.24) is 5.32 Å². The highest BCUT2D eigenvalue weighted by molar-refractivity contribution is 8.77. The molecular formula is C67H86N6O10S2. The van der Waals surface area contributed by atoms with Crippen LogP contribution in [-0.4, -0.2) is 120 Å². The van der Waals surface area contributed by atoms with E-state index in [1.54, 1.807) is 33.5 Å². The maximum atomic E-state index is 14.3. The largest absolute Gasteiger partial charge is 0.493 e. The fourth-order valence-corrected chi connectivity index (χ4v) is 15.6.